The first-order valence-electron chi connectivity index (χ1n) is 10.2. The molecule has 1 fully saturated rings. The second-order valence-electron chi connectivity index (χ2n) is 5.96. The van der Waals surface area contributed by atoms with Crippen LogP contribution in [0.25, 0.3) is 22.0 Å². The smallest absolute Gasteiger partial charge is 0.240 e. The van der Waals surface area contributed by atoms with Crippen molar-refractivity contribution in [3.8, 4) is 11.1 Å². The molecule has 0 aliphatic carbocycles. The number of likely N-dealkylation sites (tertiary alicyclic amines) is 1. The van der Waals surface area contributed by atoms with Gasteiger partial charge in [0.25, 0.3) is 0 Å². The SMILES string of the molecule is [2H]c1nc([2H])c(-c2ccc3cnc(NC(=O)CN4CCCC4)nc3c2)c([2H])c1[2H]. The van der Waals surface area contributed by atoms with E-state index >= 15 is 0 Å². The molecule has 126 valence electrons. The summed E-state index contributed by atoms with van der Waals surface area (Å²) in [6.45, 7) is 2.15. The zero-order chi connectivity index (χ0) is 20.5. The Morgan fingerprint density at radius 3 is 3.04 bits per heavy atom. The van der Waals surface area contributed by atoms with Gasteiger partial charge in [-0.05, 0) is 43.6 Å². The number of nitrogens with one attached hydrogen (secondary N) is 1. The Hall–Kier alpha value is -2.86. The molecule has 0 saturated carbocycles. The van der Waals surface area contributed by atoms with Gasteiger partial charge in [0.1, 0.15) is 0 Å². The number of hydrogen-bond donors (Lipinski definition) is 1. The Kier molecular flexibility index (Phi) is 3.24. The largest absolute Gasteiger partial charge is 0.295 e. The molecule has 6 heteroatoms. The lowest BCUT2D eigenvalue weighted by atomic mass is 10.1. The predicted octanol–water partition coefficient (Wildman–Crippen LogP) is 2.73. The molecule has 0 unspecified atom stereocenters. The number of benzene rings is 1. The summed E-state index contributed by atoms with van der Waals surface area (Å²) in [6, 6.07) is 4.57. The van der Waals surface area contributed by atoms with Gasteiger partial charge in [-0.2, -0.15) is 0 Å². The third kappa shape index (κ3) is 3.64. The molecule has 1 N–H and O–H groups in total. The van der Waals surface area contributed by atoms with E-state index in [4.69, 9.17) is 5.48 Å². The van der Waals surface area contributed by atoms with Crippen LogP contribution in [0.3, 0.4) is 0 Å². The molecule has 0 atom stereocenters. The number of carbonyl (C=O) groups excluding carboxylic acids is 1. The minimum atomic E-state index is -0.394. The van der Waals surface area contributed by atoms with Crippen molar-refractivity contribution >= 4 is 22.8 Å². The second kappa shape index (κ2) is 6.94. The monoisotopic (exact) mass is 337 g/mol. The molecule has 3 heterocycles. The lowest BCUT2D eigenvalue weighted by Crippen LogP contribution is -2.31. The second-order valence-corrected chi connectivity index (χ2v) is 5.96. The maximum atomic E-state index is 12.2. The van der Waals surface area contributed by atoms with E-state index < -0.39 is 6.17 Å². The summed E-state index contributed by atoms with van der Waals surface area (Å²) in [5.41, 5.74) is 1.21. The number of amides is 1. The van der Waals surface area contributed by atoms with Crippen molar-refractivity contribution in [3.05, 3.63) is 48.8 Å². The molecule has 2 aromatic heterocycles. The summed E-state index contributed by atoms with van der Waals surface area (Å²) in [5, 5.41) is 3.45. The molecule has 0 spiro atoms. The summed E-state index contributed by atoms with van der Waals surface area (Å²) in [5.74, 6) is 0.0234. The first-order chi connectivity index (χ1) is 13.9. The number of carbonyl (C=O) groups is 1. The van der Waals surface area contributed by atoms with Gasteiger partial charge in [0, 0.05) is 29.5 Å². The van der Waals surface area contributed by atoms with Gasteiger partial charge >= 0.3 is 0 Å². The van der Waals surface area contributed by atoms with E-state index in [1.807, 2.05) is 0 Å². The normalized spacial score (nSPS) is 17.0. The highest BCUT2D eigenvalue weighted by molar-refractivity contribution is 5.92. The topological polar surface area (TPSA) is 71.0 Å². The van der Waals surface area contributed by atoms with E-state index in [9.17, 15) is 4.79 Å². The van der Waals surface area contributed by atoms with Gasteiger partial charge in [0.2, 0.25) is 11.9 Å². The van der Waals surface area contributed by atoms with Crippen molar-refractivity contribution in [3.63, 3.8) is 0 Å². The van der Waals surface area contributed by atoms with Gasteiger partial charge in [-0.1, -0.05) is 18.2 Å². The third-order valence-electron chi connectivity index (χ3n) is 4.16. The molecular weight excluding hydrogens is 314 g/mol. The Morgan fingerprint density at radius 1 is 1.28 bits per heavy atom. The molecule has 1 saturated heterocycles. The van der Waals surface area contributed by atoms with Crippen molar-refractivity contribution in [1.82, 2.24) is 19.9 Å². The van der Waals surface area contributed by atoms with E-state index in [2.05, 4.69) is 25.2 Å². The van der Waals surface area contributed by atoms with Gasteiger partial charge in [-0.25, -0.2) is 9.97 Å². The predicted molar refractivity (Wildman–Crippen MR) is 97.1 cm³/mol. The minimum Gasteiger partial charge on any atom is -0.295 e. The summed E-state index contributed by atoms with van der Waals surface area (Å²) < 4.78 is 31.5. The highest BCUT2D eigenvalue weighted by atomic mass is 16.2. The number of rotatable bonds is 4. The minimum absolute atomic E-state index is 0.168. The number of fused-ring (bicyclic) bond motifs is 1. The molecule has 0 bridgehead atoms. The fraction of sp³-hybridized carbons (Fsp3) is 0.263. The Balaban J connectivity index is 1.64. The van der Waals surface area contributed by atoms with Crippen LogP contribution >= 0.6 is 0 Å². The lowest BCUT2D eigenvalue weighted by Gasteiger charge is -2.13. The van der Waals surface area contributed by atoms with Crippen LogP contribution in [-0.4, -0.2) is 45.4 Å². The van der Waals surface area contributed by atoms with E-state index in [1.54, 1.807) is 24.4 Å². The van der Waals surface area contributed by atoms with Gasteiger partial charge in [-0.15, -0.1) is 0 Å². The highest BCUT2D eigenvalue weighted by Gasteiger charge is 2.15. The fourth-order valence-electron chi connectivity index (χ4n) is 2.91. The van der Waals surface area contributed by atoms with Crippen molar-refractivity contribution in [2.45, 2.75) is 12.8 Å². The van der Waals surface area contributed by atoms with Crippen LogP contribution in [-0.2, 0) is 4.79 Å². The van der Waals surface area contributed by atoms with Crippen molar-refractivity contribution in [2.24, 2.45) is 0 Å². The zero-order valence-electron chi connectivity index (χ0n) is 17.5. The summed E-state index contributed by atoms with van der Waals surface area (Å²) in [6.07, 6.45) is 3.18. The first-order valence-corrected chi connectivity index (χ1v) is 8.16. The molecule has 1 aliphatic heterocycles. The number of anilines is 1. The number of pyridine rings is 1. The van der Waals surface area contributed by atoms with E-state index in [1.165, 1.54) is 0 Å². The molecule has 3 aromatic rings. The van der Waals surface area contributed by atoms with Crippen LogP contribution in [0.1, 0.15) is 18.3 Å². The average Bonchev–Trinajstić information content (AvgIpc) is 3.19. The Morgan fingerprint density at radius 2 is 2.16 bits per heavy atom. The van der Waals surface area contributed by atoms with E-state index in [0.29, 0.717) is 17.6 Å². The van der Waals surface area contributed by atoms with Crippen LogP contribution in [0.2, 0.25) is 0 Å². The number of nitrogens with zero attached hydrogens (tertiary/aromatic N) is 4. The standard InChI is InChI=1S/C19H19N5O/c25-18(13-24-8-1-2-9-24)23-19-21-12-16-6-5-14(10-17(16)22-19)15-4-3-7-20-11-15/h3-7,10-12H,1-2,8-9,13H2,(H,21,22,23,25)/i3D,4D,7D,11D. The van der Waals surface area contributed by atoms with Crippen molar-refractivity contribution < 1.29 is 10.3 Å². The molecule has 0 radical (unpaired) electrons. The summed E-state index contributed by atoms with van der Waals surface area (Å²) >= 11 is 0. The Labute approximate surface area is 151 Å². The lowest BCUT2D eigenvalue weighted by molar-refractivity contribution is -0.117. The molecular formula is C19H19N5O. The van der Waals surface area contributed by atoms with Gasteiger partial charge in [0.15, 0.2) is 0 Å². The first kappa shape index (κ1) is 11.7. The molecule has 1 aliphatic rings. The zero-order valence-corrected chi connectivity index (χ0v) is 13.5. The van der Waals surface area contributed by atoms with Crippen molar-refractivity contribution in [2.75, 3.05) is 25.0 Å². The Bertz CT molecular complexity index is 1100. The number of aromatic nitrogens is 3. The quantitative estimate of drug-likeness (QED) is 0.792. The van der Waals surface area contributed by atoms with Crippen LogP contribution in [0, 0.1) is 0 Å². The molecule has 6 nitrogen and oxygen atoms in total. The van der Waals surface area contributed by atoms with Gasteiger partial charge < -0.3 is 0 Å². The number of hydrogen-bond acceptors (Lipinski definition) is 5. The van der Waals surface area contributed by atoms with Gasteiger partial charge in [-0.3, -0.25) is 20.0 Å². The third-order valence-corrected chi connectivity index (χ3v) is 4.16. The molecule has 1 amide bonds. The van der Waals surface area contributed by atoms with Crippen LogP contribution in [0.15, 0.2) is 48.8 Å². The fourth-order valence-corrected chi connectivity index (χ4v) is 2.91. The summed E-state index contributed by atoms with van der Waals surface area (Å²) in [7, 11) is 0. The van der Waals surface area contributed by atoms with E-state index in [0.717, 1.165) is 31.3 Å². The molecule has 1 aromatic carbocycles. The summed E-state index contributed by atoms with van der Waals surface area (Å²) in [4.78, 5) is 26.6. The van der Waals surface area contributed by atoms with Gasteiger partial charge in [0.05, 0.1) is 17.5 Å². The van der Waals surface area contributed by atoms with Crippen LogP contribution in [0.5, 0.6) is 0 Å². The van der Waals surface area contributed by atoms with E-state index in [-0.39, 0.29) is 35.7 Å². The maximum absolute atomic E-state index is 12.2. The average molecular weight is 337 g/mol. The molecule has 4 rings (SSSR count). The van der Waals surface area contributed by atoms with Crippen molar-refractivity contribution in [1.29, 1.82) is 0 Å². The maximum Gasteiger partial charge on any atom is 0.240 e. The van der Waals surface area contributed by atoms with Crippen LogP contribution < -0.4 is 5.32 Å². The highest BCUT2D eigenvalue weighted by Crippen LogP contribution is 2.23. The van der Waals surface area contributed by atoms with Crippen LogP contribution in [0.4, 0.5) is 5.95 Å². The molecule has 25 heavy (non-hydrogen) atoms.